The van der Waals surface area contributed by atoms with E-state index in [2.05, 4.69) is 20.9 Å². The third-order valence-corrected chi connectivity index (χ3v) is 4.58. The lowest BCUT2D eigenvalue weighted by atomic mass is 10.0. The first-order chi connectivity index (χ1) is 13.6. The molecule has 0 radical (unpaired) electrons. The van der Waals surface area contributed by atoms with Crippen molar-refractivity contribution in [2.24, 2.45) is 0 Å². The van der Waals surface area contributed by atoms with E-state index in [1.807, 2.05) is 11.0 Å². The number of carbonyl (C=O) groups excluding carboxylic acids is 3. The summed E-state index contributed by atoms with van der Waals surface area (Å²) in [5.41, 5.74) is 1.40. The number of nitrogens with one attached hydrogen (secondary N) is 3. The molecule has 28 heavy (non-hydrogen) atoms. The van der Waals surface area contributed by atoms with E-state index in [9.17, 15) is 14.4 Å². The van der Waals surface area contributed by atoms with Crippen molar-refractivity contribution in [3.63, 3.8) is 0 Å². The minimum Gasteiger partial charge on any atom is -0.359 e. The maximum Gasteiger partial charge on any atom is 0.256 e. The summed E-state index contributed by atoms with van der Waals surface area (Å²) in [4.78, 5) is 42.5. The maximum atomic E-state index is 12.5. The highest BCUT2D eigenvalue weighted by molar-refractivity contribution is 6.03. The molecule has 0 saturated carbocycles. The van der Waals surface area contributed by atoms with E-state index in [-0.39, 0.29) is 24.1 Å². The van der Waals surface area contributed by atoms with Crippen LogP contribution in [0, 0.1) is 0 Å². The van der Waals surface area contributed by atoms with Crippen molar-refractivity contribution in [3.8, 4) is 0 Å². The third kappa shape index (κ3) is 4.92. The average Bonchev–Trinajstić information content (AvgIpc) is 2.71. The SMILES string of the molecule is CNC(=O)CC1C(=O)NCCN1Cc1cccc(C(=O)Nc2ccccn2)c1. The molecular formula is C20H23N5O3. The van der Waals surface area contributed by atoms with Crippen LogP contribution in [0.2, 0.25) is 0 Å². The molecule has 1 aliphatic rings. The lowest BCUT2D eigenvalue weighted by molar-refractivity contribution is -0.134. The molecule has 3 rings (SSSR count). The average molecular weight is 381 g/mol. The Morgan fingerprint density at radius 1 is 1.25 bits per heavy atom. The smallest absolute Gasteiger partial charge is 0.256 e. The Morgan fingerprint density at radius 3 is 2.86 bits per heavy atom. The van der Waals surface area contributed by atoms with Gasteiger partial charge in [-0.25, -0.2) is 4.98 Å². The Hall–Kier alpha value is -3.26. The number of hydrogen-bond acceptors (Lipinski definition) is 5. The van der Waals surface area contributed by atoms with Crippen molar-refractivity contribution in [2.75, 3.05) is 25.5 Å². The second-order valence-corrected chi connectivity index (χ2v) is 6.52. The van der Waals surface area contributed by atoms with E-state index in [1.54, 1.807) is 49.6 Å². The summed E-state index contributed by atoms with van der Waals surface area (Å²) in [6.45, 7) is 1.64. The monoisotopic (exact) mass is 381 g/mol. The van der Waals surface area contributed by atoms with Crippen molar-refractivity contribution in [3.05, 3.63) is 59.8 Å². The first-order valence-corrected chi connectivity index (χ1v) is 9.10. The zero-order valence-electron chi connectivity index (χ0n) is 15.6. The van der Waals surface area contributed by atoms with Crippen LogP contribution in [-0.2, 0) is 16.1 Å². The lowest BCUT2D eigenvalue weighted by Crippen LogP contribution is -2.56. The summed E-state index contributed by atoms with van der Waals surface area (Å²) < 4.78 is 0. The molecule has 0 spiro atoms. The van der Waals surface area contributed by atoms with Crippen molar-refractivity contribution < 1.29 is 14.4 Å². The summed E-state index contributed by atoms with van der Waals surface area (Å²) in [7, 11) is 1.55. The molecule has 1 aliphatic heterocycles. The molecule has 1 aromatic carbocycles. The third-order valence-electron chi connectivity index (χ3n) is 4.58. The number of aromatic nitrogens is 1. The van der Waals surface area contributed by atoms with Crippen LogP contribution in [0.3, 0.4) is 0 Å². The molecule has 0 bridgehead atoms. The van der Waals surface area contributed by atoms with Gasteiger partial charge in [-0.05, 0) is 29.8 Å². The number of amides is 3. The van der Waals surface area contributed by atoms with Gasteiger partial charge in [0.2, 0.25) is 11.8 Å². The molecule has 1 saturated heterocycles. The summed E-state index contributed by atoms with van der Waals surface area (Å²) in [6, 6.07) is 12.0. The van der Waals surface area contributed by atoms with Gasteiger partial charge in [0.05, 0.1) is 12.5 Å². The van der Waals surface area contributed by atoms with E-state index in [4.69, 9.17) is 0 Å². The van der Waals surface area contributed by atoms with Gasteiger partial charge >= 0.3 is 0 Å². The molecule has 1 aromatic heterocycles. The Morgan fingerprint density at radius 2 is 2.11 bits per heavy atom. The first-order valence-electron chi connectivity index (χ1n) is 9.10. The topological polar surface area (TPSA) is 103 Å². The van der Waals surface area contributed by atoms with E-state index in [1.165, 1.54) is 0 Å². The fraction of sp³-hybridized carbons (Fsp3) is 0.300. The van der Waals surface area contributed by atoms with Gasteiger partial charge in [-0.2, -0.15) is 0 Å². The van der Waals surface area contributed by atoms with Crippen LogP contribution in [0.25, 0.3) is 0 Å². The number of nitrogens with zero attached hydrogens (tertiary/aromatic N) is 2. The minimum absolute atomic E-state index is 0.0994. The van der Waals surface area contributed by atoms with Crippen LogP contribution in [0.5, 0.6) is 0 Å². The fourth-order valence-electron chi connectivity index (χ4n) is 3.12. The summed E-state index contributed by atoms with van der Waals surface area (Å²) in [5.74, 6) is -0.107. The highest BCUT2D eigenvalue weighted by atomic mass is 16.2. The standard InChI is InChI=1S/C20H23N5O3/c1-21-18(26)12-16-20(28)23-9-10-25(16)13-14-5-4-6-15(11-14)19(27)24-17-7-2-3-8-22-17/h2-8,11,16H,9-10,12-13H2,1H3,(H,21,26)(H,23,28)(H,22,24,27). The fourth-order valence-corrected chi connectivity index (χ4v) is 3.12. The second kappa shape index (κ2) is 9.09. The molecule has 8 heteroatoms. The predicted octanol–water partition coefficient (Wildman–Crippen LogP) is 0.770. The van der Waals surface area contributed by atoms with Crippen LogP contribution in [-0.4, -0.2) is 53.8 Å². The second-order valence-electron chi connectivity index (χ2n) is 6.52. The zero-order chi connectivity index (χ0) is 19.9. The maximum absolute atomic E-state index is 12.5. The highest BCUT2D eigenvalue weighted by Gasteiger charge is 2.31. The van der Waals surface area contributed by atoms with Gasteiger partial charge < -0.3 is 16.0 Å². The Balaban J connectivity index is 1.71. The Labute approximate surface area is 163 Å². The van der Waals surface area contributed by atoms with Crippen LogP contribution < -0.4 is 16.0 Å². The number of hydrogen-bond donors (Lipinski definition) is 3. The molecule has 0 aliphatic carbocycles. The van der Waals surface area contributed by atoms with Gasteiger partial charge in [0.25, 0.3) is 5.91 Å². The van der Waals surface area contributed by atoms with Gasteiger partial charge in [0, 0.05) is 38.4 Å². The van der Waals surface area contributed by atoms with E-state index >= 15 is 0 Å². The molecule has 3 N–H and O–H groups in total. The molecule has 146 valence electrons. The van der Waals surface area contributed by atoms with Crippen molar-refractivity contribution >= 4 is 23.5 Å². The largest absolute Gasteiger partial charge is 0.359 e. The summed E-state index contributed by atoms with van der Waals surface area (Å²) >= 11 is 0. The Bertz CT molecular complexity index is 856. The number of piperazine rings is 1. The number of rotatable bonds is 6. The van der Waals surface area contributed by atoms with E-state index in [0.717, 1.165) is 5.56 Å². The van der Waals surface area contributed by atoms with Gasteiger partial charge in [0.1, 0.15) is 5.82 Å². The number of carbonyl (C=O) groups is 3. The summed E-state index contributed by atoms with van der Waals surface area (Å²) in [6.07, 6.45) is 1.71. The van der Waals surface area contributed by atoms with Crippen molar-refractivity contribution in [2.45, 2.75) is 19.0 Å². The van der Waals surface area contributed by atoms with Crippen LogP contribution in [0.4, 0.5) is 5.82 Å². The van der Waals surface area contributed by atoms with Crippen LogP contribution in [0.15, 0.2) is 48.7 Å². The normalized spacial score (nSPS) is 16.9. The summed E-state index contributed by atoms with van der Waals surface area (Å²) in [5, 5.41) is 8.12. The highest BCUT2D eigenvalue weighted by Crippen LogP contribution is 2.16. The predicted molar refractivity (Wildman–Crippen MR) is 105 cm³/mol. The molecule has 8 nitrogen and oxygen atoms in total. The number of anilines is 1. The van der Waals surface area contributed by atoms with Gasteiger partial charge in [-0.15, -0.1) is 0 Å². The zero-order valence-corrected chi connectivity index (χ0v) is 15.6. The molecule has 2 aromatic rings. The molecule has 1 unspecified atom stereocenters. The van der Waals surface area contributed by atoms with Crippen LogP contribution in [0.1, 0.15) is 22.3 Å². The van der Waals surface area contributed by atoms with Gasteiger partial charge in [-0.1, -0.05) is 18.2 Å². The quantitative estimate of drug-likeness (QED) is 0.686. The van der Waals surface area contributed by atoms with E-state index in [0.29, 0.717) is 31.0 Å². The van der Waals surface area contributed by atoms with Crippen molar-refractivity contribution in [1.82, 2.24) is 20.5 Å². The molecule has 3 amide bonds. The Kier molecular flexibility index (Phi) is 6.33. The van der Waals surface area contributed by atoms with Crippen LogP contribution >= 0.6 is 0 Å². The lowest BCUT2D eigenvalue weighted by Gasteiger charge is -2.34. The minimum atomic E-state index is -0.528. The van der Waals surface area contributed by atoms with Gasteiger partial charge in [0.15, 0.2) is 0 Å². The van der Waals surface area contributed by atoms with Gasteiger partial charge in [-0.3, -0.25) is 19.3 Å². The molecule has 1 fully saturated rings. The van der Waals surface area contributed by atoms with E-state index < -0.39 is 6.04 Å². The van der Waals surface area contributed by atoms with Crippen molar-refractivity contribution in [1.29, 1.82) is 0 Å². The number of benzene rings is 1. The molecule has 1 atom stereocenters. The molecular weight excluding hydrogens is 358 g/mol. The number of pyridine rings is 1. The molecule has 2 heterocycles. The first kappa shape index (κ1) is 19.5.